The summed E-state index contributed by atoms with van der Waals surface area (Å²) < 4.78 is 30.3. The number of carbonyl (C=O) groups excluding carboxylic acids is 1. The SMILES string of the molecule is O=C(OCc1cc(=O)n2cc(Cl)ccc2n1)c1ccc(COc2ccc(F)cc2)o1. The summed E-state index contributed by atoms with van der Waals surface area (Å²) in [6.45, 7) is -0.139. The molecule has 0 N–H and O–H groups in total. The normalized spacial score (nSPS) is 10.9. The molecule has 0 unspecified atom stereocenters. The van der Waals surface area contributed by atoms with Crippen LogP contribution in [0.15, 0.2) is 70.0 Å². The molecule has 0 spiro atoms. The van der Waals surface area contributed by atoms with Crippen LogP contribution in [-0.2, 0) is 18.0 Å². The Kier molecular flexibility index (Phi) is 5.49. The molecule has 7 nitrogen and oxygen atoms in total. The van der Waals surface area contributed by atoms with E-state index in [0.717, 1.165) is 0 Å². The Balaban J connectivity index is 1.37. The van der Waals surface area contributed by atoms with Gasteiger partial charge < -0.3 is 13.9 Å². The van der Waals surface area contributed by atoms with Gasteiger partial charge in [-0.05, 0) is 48.5 Å². The van der Waals surface area contributed by atoms with Crippen LogP contribution in [0.25, 0.3) is 5.65 Å². The molecule has 0 bridgehead atoms. The van der Waals surface area contributed by atoms with Crippen molar-refractivity contribution in [3.8, 4) is 5.75 Å². The summed E-state index contributed by atoms with van der Waals surface area (Å²) in [5, 5.41) is 0.405. The molecule has 0 saturated carbocycles. The van der Waals surface area contributed by atoms with E-state index >= 15 is 0 Å². The summed E-state index contributed by atoms with van der Waals surface area (Å²) in [6.07, 6.45) is 1.46. The number of aromatic nitrogens is 2. The smallest absolute Gasteiger partial charge is 0.374 e. The largest absolute Gasteiger partial charge is 0.486 e. The standard InChI is InChI=1S/C21H14ClFN2O5/c22-13-1-8-19-24-15(9-20(26)25(19)10-13)11-29-21(27)18-7-6-17(30-18)12-28-16-4-2-14(23)3-5-16/h1-10H,11-12H2. The van der Waals surface area contributed by atoms with Crippen molar-refractivity contribution in [1.82, 2.24) is 9.38 Å². The topological polar surface area (TPSA) is 83.0 Å². The van der Waals surface area contributed by atoms with Gasteiger partial charge in [-0.25, -0.2) is 14.2 Å². The summed E-state index contributed by atoms with van der Waals surface area (Å²) in [5.41, 5.74) is 0.338. The van der Waals surface area contributed by atoms with Gasteiger partial charge in [0, 0.05) is 12.3 Å². The zero-order valence-corrected chi connectivity index (χ0v) is 16.1. The summed E-state index contributed by atoms with van der Waals surface area (Å²) in [6, 6.07) is 13.0. The monoisotopic (exact) mass is 428 g/mol. The number of hydrogen-bond donors (Lipinski definition) is 0. The van der Waals surface area contributed by atoms with Gasteiger partial charge in [0.15, 0.2) is 0 Å². The Morgan fingerprint density at radius 3 is 2.70 bits per heavy atom. The third kappa shape index (κ3) is 4.49. The van der Waals surface area contributed by atoms with Crippen molar-refractivity contribution in [2.75, 3.05) is 0 Å². The molecule has 0 aliphatic heterocycles. The molecule has 3 aromatic heterocycles. The predicted molar refractivity (Wildman–Crippen MR) is 105 cm³/mol. The van der Waals surface area contributed by atoms with Gasteiger partial charge in [-0.1, -0.05) is 11.6 Å². The van der Waals surface area contributed by atoms with E-state index in [9.17, 15) is 14.0 Å². The Bertz CT molecular complexity index is 1270. The van der Waals surface area contributed by atoms with Gasteiger partial charge in [-0.2, -0.15) is 0 Å². The zero-order valence-electron chi connectivity index (χ0n) is 15.4. The van der Waals surface area contributed by atoms with Crippen molar-refractivity contribution < 1.29 is 23.1 Å². The Hall–Kier alpha value is -3.65. The van der Waals surface area contributed by atoms with Gasteiger partial charge in [0.05, 0.1) is 10.7 Å². The molecule has 0 atom stereocenters. The van der Waals surface area contributed by atoms with Crippen molar-refractivity contribution in [3.63, 3.8) is 0 Å². The minimum atomic E-state index is -0.707. The average Bonchev–Trinajstić information content (AvgIpc) is 3.21. The second-order valence-corrected chi connectivity index (χ2v) is 6.68. The Labute approximate surface area is 174 Å². The number of fused-ring (bicyclic) bond motifs is 1. The van der Waals surface area contributed by atoms with E-state index in [-0.39, 0.29) is 30.4 Å². The quantitative estimate of drug-likeness (QED) is 0.431. The molecule has 30 heavy (non-hydrogen) atoms. The molecule has 4 aromatic rings. The van der Waals surface area contributed by atoms with Gasteiger partial charge in [-0.15, -0.1) is 0 Å². The number of furan rings is 1. The molecule has 0 fully saturated rings. The van der Waals surface area contributed by atoms with E-state index in [1.165, 1.54) is 47.0 Å². The molecule has 0 aliphatic carbocycles. The number of benzene rings is 1. The van der Waals surface area contributed by atoms with E-state index in [0.29, 0.717) is 27.9 Å². The minimum absolute atomic E-state index is 0.0167. The lowest BCUT2D eigenvalue weighted by atomic mass is 10.3. The molecule has 0 aliphatic rings. The Morgan fingerprint density at radius 1 is 1.10 bits per heavy atom. The van der Waals surface area contributed by atoms with Crippen molar-refractivity contribution in [2.24, 2.45) is 0 Å². The number of rotatable bonds is 6. The van der Waals surface area contributed by atoms with E-state index in [2.05, 4.69) is 4.98 Å². The molecule has 4 rings (SSSR count). The average molecular weight is 429 g/mol. The first-order valence-electron chi connectivity index (χ1n) is 8.80. The lowest BCUT2D eigenvalue weighted by molar-refractivity contribution is 0.0427. The predicted octanol–water partition coefficient (Wildman–Crippen LogP) is 4.02. The second-order valence-electron chi connectivity index (χ2n) is 6.25. The van der Waals surface area contributed by atoms with Crippen LogP contribution >= 0.6 is 11.6 Å². The number of esters is 1. The first-order chi connectivity index (χ1) is 14.5. The molecule has 3 heterocycles. The van der Waals surface area contributed by atoms with Gasteiger partial charge in [0.25, 0.3) is 5.56 Å². The van der Waals surface area contributed by atoms with Crippen molar-refractivity contribution >= 4 is 23.2 Å². The van der Waals surface area contributed by atoms with E-state index < -0.39 is 5.97 Å². The first-order valence-corrected chi connectivity index (χ1v) is 9.18. The van der Waals surface area contributed by atoms with Gasteiger partial charge in [-0.3, -0.25) is 9.20 Å². The highest BCUT2D eigenvalue weighted by Crippen LogP contribution is 2.16. The molecular weight excluding hydrogens is 415 g/mol. The number of ether oxygens (including phenoxy) is 2. The summed E-state index contributed by atoms with van der Waals surface area (Å²) >= 11 is 5.88. The maximum atomic E-state index is 12.9. The van der Waals surface area contributed by atoms with Crippen LogP contribution < -0.4 is 10.3 Å². The van der Waals surface area contributed by atoms with E-state index in [4.69, 9.17) is 25.5 Å². The third-order valence-electron chi connectivity index (χ3n) is 4.09. The number of pyridine rings is 1. The molecule has 0 amide bonds. The number of hydrogen-bond acceptors (Lipinski definition) is 6. The van der Waals surface area contributed by atoms with Crippen LogP contribution in [0.1, 0.15) is 22.0 Å². The molecule has 0 radical (unpaired) electrons. The maximum absolute atomic E-state index is 12.9. The van der Waals surface area contributed by atoms with Crippen LogP contribution in [0, 0.1) is 5.82 Å². The third-order valence-corrected chi connectivity index (χ3v) is 4.31. The van der Waals surface area contributed by atoms with Crippen molar-refractivity contribution in [1.29, 1.82) is 0 Å². The summed E-state index contributed by atoms with van der Waals surface area (Å²) in [7, 11) is 0. The van der Waals surface area contributed by atoms with E-state index in [1.54, 1.807) is 18.2 Å². The fourth-order valence-electron chi connectivity index (χ4n) is 2.66. The molecular formula is C21H14ClFN2O5. The molecule has 1 aromatic carbocycles. The highest BCUT2D eigenvalue weighted by atomic mass is 35.5. The van der Waals surface area contributed by atoms with Crippen molar-refractivity contribution in [3.05, 3.63) is 99.2 Å². The van der Waals surface area contributed by atoms with Crippen LogP contribution in [0.3, 0.4) is 0 Å². The van der Waals surface area contributed by atoms with Crippen LogP contribution in [0.2, 0.25) is 5.02 Å². The van der Waals surface area contributed by atoms with Crippen molar-refractivity contribution in [2.45, 2.75) is 13.2 Å². The second kappa shape index (κ2) is 8.38. The highest BCUT2D eigenvalue weighted by molar-refractivity contribution is 6.30. The zero-order chi connectivity index (χ0) is 21.1. The molecule has 152 valence electrons. The molecule has 9 heteroatoms. The lowest BCUT2D eigenvalue weighted by Crippen LogP contribution is -2.16. The summed E-state index contributed by atoms with van der Waals surface area (Å²) in [4.78, 5) is 28.6. The van der Waals surface area contributed by atoms with Crippen LogP contribution in [0.5, 0.6) is 5.75 Å². The van der Waals surface area contributed by atoms with Gasteiger partial charge >= 0.3 is 5.97 Å². The molecule has 0 saturated heterocycles. The lowest BCUT2D eigenvalue weighted by Gasteiger charge is -2.05. The fourth-order valence-corrected chi connectivity index (χ4v) is 2.82. The maximum Gasteiger partial charge on any atom is 0.374 e. The van der Waals surface area contributed by atoms with Gasteiger partial charge in [0.1, 0.15) is 36.2 Å². The fraction of sp³-hybridized carbons (Fsp3) is 0.0952. The first kappa shape index (κ1) is 19.7. The Morgan fingerprint density at radius 2 is 1.90 bits per heavy atom. The van der Waals surface area contributed by atoms with E-state index in [1.807, 2.05) is 0 Å². The van der Waals surface area contributed by atoms with Gasteiger partial charge in [0.2, 0.25) is 5.76 Å². The summed E-state index contributed by atoms with van der Waals surface area (Å²) in [5.74, 6) is -0.229. The number of carbonyl (C=O) groups is 1. The highest BCUT2D eigenvalue weighted by Gasteiger charge is 2.14. The minimum Gasteiger partial charge on any atom is -0.486 e. The number of halogens is 2. The van der Waals surface area contributed by atoms with Crippen LogP contribution in [-0.4, -0.2) is 15.4 Å². The van der Waals surface area contributed by atoms with Crippen LogP contribution in [0.4, 0.5) is 4.39 Å². The number of nitrogens with zero attached hydrogens (tertiary/aromatic N) is 2.